The van der Waals surface area contributed by atoms with Crippen LogP contribution in [0.3, 0.4) is 0 Å². The van der Waals surface area contributed by atoms with Gasteiger partial charge in [-0.05, 0) is 31.0 Å². The number of hydrogen-bond donors (Lipinski definition) is 1. The van der Waals surface area contributed by atoms with E-state index >= 15 is 0 Å². The number of aromatic nitrogens is 1. The molecule has 1 unspecified atom stereocenters. The normalized spacial score (nSPS) is 12.7. The van der Waals surface area contributed by atoms with E-state index in [0.717, 1.165) is 22.7 Å². The second-order valence-electron chi connectivity index (χ2n) is 4.25. The molecule has 0 fully saturated rings. The molecule has 5 heteroatoms. The molecule has 0 saturated carbocycles. The van der Waals surface area contributed by atoms with Gasteiger partial charge in [0.05, 0.1) is 5.01 Å². The lowest BCUT2D eigenvalue weighted by Gasteiger charge is -2.12. The predicted molar refractivity (Wildman–Crippen MR) is 78.7 cm³/mol. The number of nitrogens with two attached hydrogens (primary N) is 1. The Balaban J connectivity index is 2.05. The average Bonchev–Trinajstić information content (AvgIpc) is 2.69. The summed E-state index contributed by atoms with van der Waals surface area (Å²) in [6.07, 6.45) is 1.41. The maximum atomic E-state index is 6.13. The van der Waals surface area contributed by atoms with Crippen molar-refractivity contribution in [3.8, 4) is 0 Å². The van der Waals surface area contributed by atoms with E-state index in [0.29, 0.717) is 16.5 Å². The van der Waals surface area contributed by atoms with Crippen LogP contribution in [0.4, 0.5) is 0 Å². The summed E-state index contributed by atoms with van der Waals surface area (Å²) in [6, 6.07) is 5.49. The maximum Gasteiger partial charge on any atom is 0.0943 e. The van der Waals surface area contributed by atoms with Crippen molar-refractivity contribution in [2.24, 2.45) is 5.73 Å². The lowest BCUT2D eigenvalue weighted by atomic mass is 10.0. The molecule has 2 N–H and O–H groups in total. The molecule has 0 spiro atoms. The van der Waals surface area contributed by atoms with Gasteiger partial charge in [0.15, 0.2) is 0 Å². The Kier molecular flexibility index (Phi) is 4.62. The molecule has 1 heterocycles. The molecule has 2 aromatic rings. The van der Waals surface area contributed by atoms with Crippen LogP contribution in [-0.2, 0) is 12.8 Å². The SMILES string of the molecule is Cc1csc(CC(N)Cc2c(Cl)cccc2Cl)n1. The van der Waals surface area contributed by atoms with Crippen LogP contribution in [0.1, 0.15) is 16.3 Å². The quantitative estimate of drug-likeness (QED) is 0.931. The largest absolute Gasteiger partial charge is 0.327 e. The zero-order valence-corrected chi connectivity index (χ0v) is 12.3. The Hall–Kier alpha value is -0.610. The highest BCUT2D eigenvalue weighted by molar-refractivity contribution is 7.09. The van der Waals surface area contributed by atoms with E-state index in [2.05, 4.69) is 4.98 Å². The van der Waals surface area contributed by atoms with Gasteiger partial charge >= 0.3 is 0 Å². The van der Waals surface area contributed by atoms with Gasteiger partial charge in [-0.3, -0.25) is 0 Å². The Morgan fingerprint density at radius 3 is 2.50 bits per heavy atom. The van der Waals surface area contributed by atoms with Crippen molar-refractivity contribution >= 4 is 34.5 Å². The van der Waals surface area contributed by atoms with Crippen LogP contribution < -0.4 is 5.73 Å². The number of thiazole rings is 1. The highest BCUT2D eigenvalue weighted by atomic mass is 35.5. The summed E-state index contributed by atoms with van der Waals surface area (Å²) in [5.74, 6) is 0. The molecule has 1 atom stereocenters. The summed E-state index contributed by atoms with van der Waals surface area (Å²) >= 11 is 13.9. The fourth-order valence-electron chi connectivity index (χ4n) is 1.78. The van der Waals surface area contributed by atoms with Crippen LogP contribution in [0.15, 0.2) is 23.6 Å². The Morgan fingerprint density at radius 2 is 1.94 bits per heavy atom. The first kappa shape index (κ1) is 13.8. The van der Waals surface area contributed by atoms with Crippen LogP contribution in [0.2, 0.25) is 10.0 Å². The highest BCUT2D eigenvalue weighted by Crippen LogP contribution is 2.26. The molecule has 18 heavy (non-hydrogen) atoms. The molecule has 1 aromatic carbocycles. The van der Waals surface area contributed by atoms with Gasteiger partial charge in [0, 0.05) is 33.6 Å². The van der Waals surface area contributed by atoms with Gasteiger partial charge in [0.2, 0.25) is 0 Å². The van der Waals surface area contributed by atoms with Gasteiger partial charge in [-0.1, -0.05) is 29.3 Å². The summed E-state index contributed by atoms with van der Waals surface area (Å²) in [7, 11) is 0. The van der Waals surface area contributed by atoms with Gasteiger partial charge < -0.3 is 5.73 Å². The lowest BCUT2D eigenvalue weighted by Crippen LogP contribution is -2.25. The minimum Gasteiger partial charge on any atom is -0.327 e. The third kappa shape index (κ3) is 3.45. The summed E-state index contributed by atoms with van der Waals surface area (Å²) < 4.78 is 0. The first-order valence-electron chi connectivity index (χ1n) is 5.65. The van der Waals surface area contributed by atoms with E-state index in [1.807, 2.05) is 30.5 Å². The van der Waals surface area contributed by atoms with E-state index in [-0.39, 0.29) is 6.04 Å². The van der Waals surface area contributed by atoms with Gasteiger partial charge in [0.25, 0.3) is 0 Å². The fourth-order valence-corrected chi connectivity index (χ4v) is 3.20. The number of rotatable bonds is 4. The molecular formula is C13H14Cl2N2S. The van der Waals surface area contributed by atoms with Crippen molar-refractivity contribution in [3.63, 3.8) is 0 Å². The summed E-state index contributed by atoms with van der Waals surface area (Å²) in [6.45, 7) is 1.98. The topological polar surface area (TPSA) is 38.9 Å². The Labute approximate surface area is 121 Å². The second kappa shape index (κ2) is 6.02. The third-order valence-corrected chi connectivity index (χ3v) is 4.33. The minimum atomic E-state index is -0.0204. The van der Waals surface area contributed by atoms with Crippen molar-refractivity contribution in [3.05, 3.63) is 49.9 Å². The molecule has 0 saturated heterocycles. The van der Waals surface area contributed by atoms with Crippen molar-refractivity contribution in [1.82, 2.24) is 4.98 Å². The van der Waals surface area contributed by atoms with Gasteiger partial charge in [-0.25, -0.2) is 4.98 Å². The smallest absolute Gasteiger partial charge is 0.0943 e. The second-order valence-corrected chi connectivity index (χ2v) is 6.01. The van der Waals surface area contributed by atoms with Gasteiger partial charge in [-0.15, -0.1) is 11.3 Å². The molecular weight excluding hydrogens is 287 g/mol. The van der Waals surface area contributed by atoms with Gasteiger partial charge in [0.1, 0.15) is 0 Å². The number of halogens is 2. The summed E-state index contributed by atoms with van der Waals surface area (Å²) in [5, 5.41) is 4.44. The molecule has 2 rings (SSSR count). The summed E-state index contributed by atoms with van der Waals surface area (Å²) in [4.78, 5) is 4.41. The molecule has 1 aromatic heterocycles. The molecule has 0 aliphatic carbocycles. The number of hydrogen-bond acceptors (Lipinski definition) is 3. The van der Waals surface area contributed by atoms with Crippen molar-refractivity contribution in [2.75, 3.05) is 0 Å². The molecule has 0 amide bonds. The molecule has 2 nitrogen and oxygen atoms in total. The van der Waals surface area contributed by atoms with E-state index in [1.165, 1.54) is 0 Å². The zero-order valence-electron chi connectivity index (χ0n) is 9.99. The molecule has 0 aliphatic heterocycles. The van der Waals surface area contributed by atoms with Crippen LogP contribution in [0.5, 0.6) is 0 Å². The van der Waals surface area contributed by atoms with E-state index < -0.39 is 0 Å². The third-order valence-electron chi connectivity index (χ3n) is 2.63. The van der Waals surface area contributed by atoms with E-state index in [4.69, 9.17) is 28.9 Å². The fraction of sp³-hybridized carbons (Fsp3) is 0.308. The van der Waals surface area contributed by atoms with Gasteiger partial charge in [-0.2, -0.15) is 0 Å². The van der Waals surface area contributed by atoms with Crippen molar-refractivity contribution in [2.45, 2.75) is 25.8 Å². The summed E-state index contributed by atoms with van der Waals surface area (Å²) in [5.41, 5.74) is 8.09. The van der Waals surface area contributed by atoms with Crippen LogP contribution in [0, 0.1) is 6.92 Å². The number of nitrogens with zero attached hydrogens (tertiary/aromatic N) is 1. The van der Waals surface area contributed by atoms with E-state index in [1.54, 1.807) is 11.3 Å². The Bertz CT molecular complexity index is 519. The minimum absolute atomic E-state index is 0.0204. The number of aryl methyl sites for hydroxylation is 1. The number of benzene rings is 1. The van der Waals surface area contributed by atoms with Crippen LogP contribution >= 0.6 is 34.5 Å². The predicted octanol–water partition coefficient (Wildman–Crippen LogP) is 3.87. The molecule has 0 radical (unpaired) electrons. The van der Waals surface area contributed by atoms with Crippen molar-refractivity contribution in [1.29, 1.82) is 0 Å². The maximum absolute atomic E-state index is 6.13. The van der Waals surface area contributed by atoms with Crippen LogP contribution in [-0.4, -0.2) is 11.0 Å². The standard InChI is InChI=1S/C13H14Cl2N2S/c1-8-7-18-13(17-8)6-9(16)5-10-11(14)3-2-4-12(10)15/h2-4,7,9H,5-6,16H2,1H3. The zero-order chi connectivity index (χ0) is 13.1. The first-order valence-corrected chi connectivity index (χ1v) is 7.29. The molecule has 0 aliphatic rings. The highest BCUT2D eigenvalue weighted by Gasteiger charge is 2.12. The average molecular weight is 301 g/mol. The first-order chi connectivity index (χ1) is 8.56. The van der Waals surface area contributed by atoms with Crippen molar-refractivity contribution < 1.29 is 0 Å². The van der Waals surface area contributed by atoms with E-state index in [9.17, 15) is 0 Å². The Morgan fingerprint density at radius 1 is 1.28 bits per heavy atom. The van der Waals surface area contributed by atoms with Crippen LogP contribution in [0.25, 0.3) is 0 Å². The lowest BCUT2D eigenvalue weighted by molar-refractivity contribution is 0.662. The monoisotopic (exact) mass is 300 g/mol. The molecule has 96 valence electrons. The molecule has 0 bridgehead atoms.